The van der Waals surface area contributed by atoms with Gasteiger partial charge in [0.25, 0.3) is 5.56 Å². The van der Waals surface area contributed by atoms with Crippen molar-refractivity contribution in [2.45, 2.75) is 12.3 Å². The van der Waals surface area contributed by atoms with Gasteiger partial charge in [-0.3, -0.25) is 18.7 Å². The van der Waals surface area contributed by atoms with Gasteiger partial charge in [0.15, 0.2) is 0 Å². The third-order valence-electron chi connectivity index (χ3n) is 3.95. The lowest BCUT2D eigenvalue weighted by Gasteiger charge is -2.27. The highest BCUT2D eigenvalue weighted by molar-refractivity contribution is 5.94. The van der Waals surface area contributed by atoms with E-state index in [0.717, 1.165) is 4.57 Å². The Balaban J connectivity index is 2.33. The minimum atomic E-state index is -0.579. The fourth-order valence-corrected chi connectivity index (χ4v) is 2.81. The lowest BCUT2D eigenvalue weighted by molar-refractivity contribution is -0.116. The van der Waals surface area contributed by atoms with Crippen LogP contribution in [0.15, 0.2) is 33.9 Å². The zero-order valence-electron chi connectivity index (χ0n) is 12.1. The lowest BCUT2D eigenvalue weighted by atomic mass is 9.86. The molecule has 2 aromatic rings. The smallest absolute Gasteiger partial charge is 0.312 e. The number of amides is 1. The van der Waals surface area contributed by atoms with Crippen LogP contribution in [0.4, 0.5) is 10.2 Å². The molecule has 6 nitrogen and oxygen atoms in total. The second-order valence-electron chi connectivity index (χ2n) is 5.33. The minimum Gasteiger partial charge on any atom is -0.312 e. The van der Waals surface area contributed by atoms with E-state index in [1.54, 1.807) is 6.07 Å². The number of carbonyl (C=O) groups is 1. The summed E-state index contributed by atoms with van der Waals surface area (Å²) in [5.41, 5.74) is -0.169. The molecule has 1 aromatic heterocycles. The van der Waals surface area contributed by atoms with Crippen LogP contribution in [0.5, 0.6) is 0 Å². The molecular weight excluding hydrogens is 289 g/mol. The topological polar surface area (TPSA) is 73.1 Å². The lowest BCUT2D eigenvalue weighted by Crippen LogP contribution is -2.44. The maximum atomic E-state index is 13.5. The average molecular weight is 303 g/mol. The van der Waals surface area contributed by atoms with Crippen molar-refractivity contribution in [2.75, 3.05) is 5.32 Å². The van der Waals surface area contributed by atoms with Crippen molar-refractivity contribution in [1.29, 1.82) is 0 Å². The van der Waals surface area contributed by atoms with Crippen LogP contribution in [0, 0.1) is 5.82 Å². The first kappa shape index (κ1) is 14.2. The molecule has 7 heteroatoms. The molecule has 1 aromatic carbocycles. The average Bonchev–Trinajstić information content (AvgIpc) is 2.50. The first-order valence-electron chi connectivity index (χ1n) is 6.75. The van der Waals surface area contributed by atoms with Gasteiger partial charge in [0.1, 0.15) is 11.6 Å². The molecule has 2 heterocycles. The van der Waals surface area contributed by atoms with Crippen LogP contribution in [0.2, 0.25) is 0 Å². The molecule has 0 aliphatic carbocycles. The van der Waals surface area contributed by atoms with E-state index in [2.05, 4.69) is 5.32 Å². The van der Waals surface area contributed by atoms with Gasteiger partial charge in [-0.2, -0.15) is 0 Å². The number of hydrogen-bond donors (Lipinski definition) is 1. The summed E-state index contributed by atoms with van der Waals surface area (Å²) < 4.78 is 15.7. The van der Waals surface area contributed by atoms with E-state index in [-0.39, 0.29) is 18.1 Å². The quantitative estimate of drug-likeness (QED) is 0.842. The molecular formula is C15H14FN3O3. The van der Waals surface area contributed by atoms with Gasteiger partial charge in [0, 0.05) is 26.4 Å². The van der Waals surface area contributed by atoms with Crippen LogP contribution in [0.25, 0.3) is 0 Å². The predicted octanol–water partition coefficient (Wildman–Crippen LogP) is 0.697. The van der Waals surface area contributed by atoms with Crippen molar-refractivity contribution in [2.24, 2.45) is 14.1 Å². The van der Waals surface area contributed by atoms with Gasteiger partial charge in [0.05, 0.1) is 5.56 Å². The van der Waals surface area contributed by atoms with Crippen molar-refractivity contribution in [3.05, 3.63) is 62.0 Å². The van der Waals surface area contributed by atoms with E-state index >= 15 is 0 Å². The van der Waals surface area contributed by atoms with E-state index in [1.165, 1.54) is 36.9 Å². The standard InChI is InChI=1S/C15H14FN3O3/c1-18-13-12(14(21)19(2)15(18)22)10(7-11(20)17-13)8-4-3-5-9(16)6-8/h3-6,10H,7H2,1-2H3,(H,17,20). The predicted molar refractivity (Wildman–Crippen MR) is 78.4 cm³/mol. The zero-order chi connectivity index (χ0) is 16.0. The Morgan fingerprint density at radius 1 is 1.18 bits per heavy atom. The highest BCUT2D eigenvalue weighted by Gasteiger charge is 2.32. The number of halogens is 1. The molecule has 0 spiro atoms. The maximum absolute atomic E-state index is 13.5. The second-order valence-corrected chi connectivity index (χ2v) is 5.33. The van der Waals surface area contributed by atoms with Gasteiger partial charge < -0.3 is 5.32 Å². The molecule has 114 valence electrons. The van der Waals surface area contributed by atoms with E-state index in [1.807, 2.05) is 0 Å². The van der Waals surface area contributed by atoms with E-state index in [9.17, 15) is 18.8 Å². The van der Waals surface area contributed by atoms with Crippen molar-refractivity contribution < 1.29 is 9.18 Å². The Kier molecular flexibility index (Phi) is 3.20. The van der Waals surface area contributed by atoms with Gasteiger partial charge in [-0.15, -0.1) is 0 Å². The molecule has 0 fully saturated rings. The number of carbonyl (C=O) groups excluding carboxylic acids is 1. The van der Waals surface area contributed by atoms with Crippen molar-refractivity contribution >= 4 is 11.7 Å². The number of nitrogens with zero attached hydrogens (tertiary/aromatic N) is 2. The van der Waals surface area contributed by atoms with Gasteiger partial charge in [-0.1, -0.05) is 12.1 Å². The zero-order valence-corrected chi connectivity index (χ0v) is 12.1. The first-order valence-corrected chi connectivity index (χ1v) is 6.75. The van der Waals surface area contributed by atoms with Gasteiger partial charge in [-0.05, 0) is 17.7 Å². The highest BCUT2D eigenvalue weighted by atomic mass is 19.1. The van der Waals surface area contributed by atoms with Gasteiger partial charge in [-0.25, -0.2) is 9.18 Å². The monoisotopic (exact) mass is 303 g/mol. The summed E-state index contributed by atoms with van der Waals surface area (Å²) in [6.07, 6.45) is 0.0316. The maximum Gasteiger partial charge on any atom is 0.332 e. The Labute approximate surface area is 124 Å². The SMILES string of the molecule is Cn1c2c(c(=O)n(C)c1=O)C(c1cccc(F)c1)CC(=O)N2. The number of nitrogens with one attached hydrogen (secondary N) is 1. The second kappa shape index (κ2) is 4.94. The number of rotatable bonds is 1. The van der Waals surface area contributed by atoms with E-state index < -0.39 is 23.0 Å². The molecule has 1 amide bonds. The molecule has 0 radical (unpaired) electrons. The Morgan fingerprint density at radius 3 is 2.59 bits per heavy atom. The minimum absolute atomic E-state index is 0.0316. The number of aromatic nitrogens is 2. The van der Waals surface area contributed by atoms with Crippen LogP contribution in [0.3, 0.4) is 0 Å². The van der Waals surface area contributed by atoms with Gasteiger partial charge >= 0.3 is 5.69 Å². The first-order chi connectivity index (χ1) is 10.4. The number of anilines is 1. The van der Waals surface area contributed by atoms with Crippen molar-refractivity contribution in [1.82, 2.24) is 9.13 Å². The normalized spacial score (nSPS) is 17.0. The van der Waals surface area contributed by atoms with Crippen molar-refractivity contribution in [3.8, 4) is 0 Å². The molecule has 22 heavy (non-hydrogen) atoms. The molecule has 1 aliphatic heterocycles. The number of fused-ring (bicyclic) bond motifs is 1. The van der Waals surface area contributed by atoms with Crippen LogP contribution in [-0.4, -0.2) is 15.0 Å². The van der Waals surface area contributed by atoms with Crippen LogP contribution >= 0.6 is 0 Å². The number of hydrogen-bond acceptors (Lipinski definition) is 3. The molecule has 0 saturated carbocycles. The molecule has 1 N–H and O–H groups in total. The number of benzene rings is 1. The summed E-state index contributed by atoms with van der Waals surface area (Å²) in [6, 6.07) is 5.80. The third kappa shape index (κ3) is 2.05. The third-order valence-corrected chi connectivity index (χ3v) is 3.95. The summed E-state index contributed by atoms with van der Waals surface area (Å²) in [6.45, 7) is 0. The van der Waals surface area contributed by atoms with Crippen LogP contribution in [0.1, 0.15) is 23.5 Å². The molecule has 0 saturated heterocycles. The highest BCUT2D eigenvalue weighted by Crippen LogP contribution is 2.34. The summed E-state index contributed by atoms with van der Waals surface area (Å²) in [4.78, 5) is 36.4. The molecule has 0 bridgehead atoms. The Morgan fingerprint density at radius 2 is 1.91 bits per heavy atom. The summed E-state index contributed by atoms with van der Waals surface area (Å²) in [5, 5.41) is 2.57. The van der Waals surface area contributed by atoms with Crippen LogP contribution in [-0.2, 0) is 18.9 Å². The van der Waals surface area contributed by atoms with E-state index in [4.69, 9.17) is 0 Å². The van der Waals surface area contributed by atoms with Crippen molar-refractivity contribution in [3.63, 3.8) is 0 Å². The summed E-state index contributed by atoms with van der Waals surface area (Å²) in [5.74, 6) is -1.15. The molecule has 1 unspecified atom stereocenters. The summed E-state index contributed by atoms with van der Waals surface area (Å²) >= 11 is 0. The Hall–Kier alpha value is -2.70. The van der Waals surface area contributed by atoms with Gasteiger partial charge in [0.2, 0.25) is 5.91 Å². The molecule has 1 atom stereocenters. The fraction of sp³-hybridized carbons (Fsp3) is 0.267. The van der Waals surface area contributed by atoms with Crippen LogP contribution < -0.4 is 16.6 Å². The largest absolute Gasteiger partial charge is 0.332 e. The molecule has 3 rings (SSSR count). The summed E-state index contributed by atoms with van der Waals surface area (Å²) in [7, 11) is 2.86. The van der Waals surface area contributed by atoms with E-state index in [0.29, 0.717) is 11.1 Å². The Bertz CT molecular complexity index is 898. The fourth-order valence-electron chi connectivity index (χ4n) is 2.81. The molecule has 1 aliphatic rings.